The fraction of sp³-hybridized carbons (Fsp3) is 0.833. The maximum atomic E-state index is 10.8. The summed E-state index contributed by atoms with van der Waals surface area (Å²) in [5.74, 6) is -0.169. The molecule has 1 aliphatic heterocycles. The third-order valence-electron chi connectivity index (χ3n) is 1.54. The number of Topliss-reactive ketones (excluding diaryl/α,β-unsaturated/α-hetero) is 1. The van der Waals surface area contributed by atoms with Crippen LogP contribution < -0.4 is 0 Å². The first-order chi connectivity index (χ1) is 4.61. The highest BCUT2D eigenvalue weighted by Crippen LogP contribution is 2.13. The first kappa shape index (κ1) is 7.65. The van der Waals surface area contributed by atoms with Crippen LogP contribution in [0.15, 0.2) is 0 Å². The zero-order valence-corrected chi connectivity index (χ0v) is 5.65. The number of carbonyl (C=O) groups is 1. The van der Waals surface area contributed by atoms with Crippen LogP contribution in [0.25, 0.3) is 0 Å². The number of aliphatic hydroxyl groups is 2. The Morgan fingerprint density at radius 1 is 1.60 bits per heavy atom. The summed E-state index contributed by atoms with van der Waals surface area (Å²) in [5.41, 5.74) is 0. The number of ketones is 1. The van der Waals surface area contributed by atoms with Crippen LogP contribution in [0.1, 0.15) is 13.3 Å². The van der Waals surface area contributed by atoms with Crippen LogP contribution in [-0.4, -0.2) is 34.5 Å². The lowest BCUT2D eigenvalue weighted by Gasteiger charge is -2.26. The lowest BCUT2D eigenvalue weighted by Crippen LogP contribution is -2.43. The van der Waals surface area contributed by atoms with Gasteiger partial charge in [-0.3, -0.25) is 4.79 Å². The van der Waals surface area contributed by atoms with E-state index in [1.165, 1.54) is 0 Å². The van der Waals surface area contributed by atoms with Gasteiger partial charge in [-0.15, -0.1) is 0 Å². The number of hydrogen-bond acceptors (Lipinski definition) is 4. The summed E-state index contributed by atoms with van der Waals surface area (Å²) in [6, 6.07) is 0. The molecule has 10 heavy (non-hydrogen) atoms. The molecule has 3 atom stereocenters. The maximum Gasteiger partial charge on any atom is 0.182 e. The van der Waals surface area contributed by atoms with Crippen LogP contribution in [-0.2, 0) is 9.53 Å². The molecule has 4 heteroatoms. The molecule has 0 saturated carbocycles. The van der Waals surface area contributed by atoms with E-state index in [0.29, 0.717) is 0 Å². The second-order valence-electron chi connectivity index (χ2n) is 2.41. The summed E-state index contributed by atoms with van der Waals surface area (Å²) in [5, 5.41) is 17.7. The third kappa shape index (κ3) is 1.34. The molecule has 58 valence electrons. The van der Waals surface area contributed by atoms with E-state index in [2.05, 4.69) is 4.74 Å². The predicted octanol–water partition coefficient (Wildman–Crippen LogP) is -0.956. The molecule has 0 bridgehead atoms. The van der Waals surface area contributed by atoms with Crippen molar-refractivity contribution >= 4 is 5.78 Å². The van der Waals surface area contributed by atoms with Crippen molar-refractivity contribution in [2.45, 2.75) is 31.8 Å². The topological polar surface area (TPSA) is 66.8 Å². The van der Waals surface area contributed by atoms with Gasteiger partial charge >= 0.3 is 0 Å². The average molecular weight is 146 g/mol. The molecular weight excluding hydrogens is 136 g/mol. The van der Waals surface area contributed by atoms with Gasteiger partial charge in [-0.1, -0.05) is 0 Å². The van der Waals surface area contributed by atoms with Crippen molar-refractivity contribution in [3.8, 4) is 0 Å². The van der Waals surface area contributed by atoms with Gasteiger partial charge in [0, 0.05) is 6.42 Å². The van der Waals surface area contributed by atoms with E-state index in [1.54, 1.807) is 6.92 Å². The molecule has 1 saturated heterocycles. The molecule has 4 nitrogen and oxygen atoms in total. The normalized spacial score (nSPS) is 41.9. The molecule has 2 N–H and O–H groups in total. The molecule has 1 rings (SSSR count). The molecular formula is C6H10O4. The van der Waals surface area contributed by atoms with E-state index in [-0.39, 0.29) is 12.2 Å². The first-order valence-corrected chi connectivity index (χ1v) is 3.15. The largest absolute Gasteiger partial charge is 0.387 e. The molecule has 1 heterocycles. The number of aliphatic hydroxyl groups excluding tert-OH is 2. The molecule has 0 aromatic carbocycles. The second-order valence-corrected chi connectivity index (χ2v) is 2.41. The van der Waals surface area contributed by atoms with Gasteiger partial charge in [0.05, 0.1) is 0 Å². The highest BCUT2D eigenvalue weighted by Gasteiger charge is 2.31. The molecule has 0 aliphatic carbocycles. The average Bonchev–Trinajstić information content (AvgIpc) is 1.84. The highest BCUT2D eigenvalue weighted by atomic mass is 16.6. The summed E-state index contributed by atoms with van der Waals surface area (Å²) < 4.78 is 4.67. The fourth-order valence-electron chi connectivity index (χ4n) is 0.849. The molecule has 0 aromatic heterocycles. The van der Waals surface area contributed by atoms with Crippen LogP contribution in [0, 0.1) is 0 Å². The summed E-state index contributed by atoms with van der Waals surface area (Å²) >= 11 is 0. The number of ether oxygens (including phenoxy) is 1. The van der Waals surface area contributed by atoms with Gasteiger partial charge in [0.15, 0.2) is 12.1 Å². The SMILES string of the molecule is C[C@H]1OC(O)[C@H](O)CC1=O. The Hall–Kier alpha value is -0.450. The van der Waals surface area contributed by atoms with Crippen LogP contribution >= 0.6 is 0 Å². The van der Waals surface area contributed by atoms with Crippen molar-refractivity contribution < 1.29 is 19.7 Å². The second kappa shape index (κ2) is 2.65. The van der Waals surface area contributed by atoms with Gasteiger partial charge in [-0.05, 0) is 6.92 Å². The van der Waals surface area contributed by atoms with Crippen molar-refractivity contribution in [3.05, 3.63) is 0 Å². The summed E-state index contributed by atoms with van der Waals surface area (Å²) in [6.07, 6.45) is -2.85. The highest BCUT2D eigenvalue weighted by molar-refractivity contribution is 5.83. The number of carbonyl (C=O) groups excluding carboxylic acids is 1. The van der Waals surface area contributed by atoms with Gasteiger partial charge in [0.2, 0.25) is 0 Å². The van der Waals surface area contributed by atoms with Crippen molar-refractivity contribution in [2.24, 2.45) is 0 Å². The third-order valence-corrected chi connectivity index (χ3v) is 1.54. The Kier molecular flexibility index (Phi) is 2.03. The fourth-order valence-corrected chi connectivity index (χ4v) is 0.849. The molecule has 0 amide bonds. The van der Waals surface area contributed by atoms with E-state index >= 15 is 0 Å². The lowest BCUT2D eigenvalue weighted by molar-refractivity contribution is -0.208. The molecule has 1 unspecified atom stereocenters. The zero-order valence-electron chi connectivity index (χ0n) is 5.65. The number of hydrogen-bond donors (Lipinski definition) is 2. The minimum absolute atomic E-state index is 0.0116. The molecule has 1 aliphatic rings. The Balaban J connectivity index is 2.54. The van der Waals surface area contributed by atoms with E-state index in [4.69, 9.17) is 10.2 Å². The molecule has 0 aromatic rings. The quantitative estimate of drug-likeness (QED) is 0.462. The monoisotopic (exact) mass is 146 g/mol. The number of rotatable bonds is 0. The summed E-state index contributed by atoms with van der Waals surface area (Å²) in [6.45, 7) is 1.55. The van der Waals surface area contributed by atoms with Crippen molar-refractivity contribution in [2.75, 3.05) is 0 Å². The minimum Gasteiger partial charge on any atom is -0.387 e. The van der Waals surface area contributed by atoms with Gasteiger partial charge in [-0.25, -0.2) is 0 Å². The van der Waals surface area contributed by atoms with E-state index in [1.807, 2.05) is 0 Å². The van der Waals surface area contributed by atoms with Gasteiger partial charge in [-0.2, -0.15) is 0 Å². The maximum absolute atomic E-state index is 10.8. The zero-order chi connectivity index (χ0) is 7.72. The molecule has 1 fully saturated rings. The minimum atomic E-state index is -1.20. The van der Waals surface area contributed by atoms with Crippen molar-refractivity contribution in [1.29, 1.82) is 0 Å². The lowest BCUT2D eigenvalue weighted by atomic mass is 10.1. The summed E-state index contributed by atoms with van der Waals surface area (Å²) in [4.78, 5) is 10.8. The van der Waals surface area contributed by atoms with Crippen LogP contribution in [0.3, 0.4) is 0 Å². The first-order valence-electron chi connectivity index (χ1n) is 3.15. The summed E-state index contributed by atoms with van der Waals surface area (Å²) in [7, 11) is 0. The van der Waals surface area contributed by atoms with Crippen LogP contribution in [0.4, 0.5) is 0 Å². The Morgan fingerprint density at radius 3 is 2.70 bits per heavy atom. The Labute approximate surface area is 58.4 Å². The van der Waals surface area contributed by atoms with E-state index < -0.39 is 18.5 Å². The standard InChI is InChI=1S/C6H10O4/c1-3-4(7)2-5(8)6(9)10-3/h3,5-6,8-9H,2H2,1H3/t3-,5-,6?/m1/s1. The smallest absolute Gasteiger partial charge is 0.182 e. The van der Waals surface area contributed by atoms with E-state index in [9.17, 15) is 4.79 Å². The Morgan fingerprint density at radius 2 is 2.20 bits per heavy atom. The van der Waals surface area contributed by atoms with Gasteiger partial charge in [0.1, 0.15) is 12.2 Å². The van der Waals surface area contributed by atoms with Crippen LogP contribution in [0.5, 0.6) is 0 Å². The van der Waals surface area contributed by atoms with E-state index in [0.717, 1.165) is 0 Å². The molecule has 0 radical (unpaired) electrons. The van der Waals surface area contributed by atoms with Crippen molar-refractivity contribution in [3.63, 3.8) is 0 Å². The van der Waals surface area contributed by atoms with Crippen LogP contribution in [0.2, 0.25) is 0 Å². The van der Waals surface area contributed by atoms with Gasteiger partial charge < -0.3 is 14.9 Å². The Bertz CT molecular complexity index is 145. The molecule has 0 spiro atoms. The van der Waals surface area contributed by atoms with Crippen molar-refractivity contribution in [1.82, 2.24) is 0 Å². The van der Waals surface area contributed by atoms with Gasteiger partial charge in [0.25, 0.3) is 0 Å². The predicted molar refractivity (Wildman–Crippen MR) is 32.2 cm³/mol.